The second-order valence-electron chi connectivity index (χ2n) is 4.32. The Bertz CT molecular complexity index is 352. The van der Waals surface area contributed by atoms with Crippen molar-refractivity contribution in [3.8, 4) is 0 Å². The maximum Gasteiger partial charge on any atom is 0.191 e. The zero-order valence-electron chi connectivity index (χ0n) is 12.0. The first-order valence-corrected chi connectivity index (χ1v) is 6.93. The van der Waals surface area contributed by atoms with E-state index >= 15 is 0 Å². The number of aliphatic imine (C=N–C) groups is 1. The normalized spacial score (nSPS) is 11.4. The molecule has 19 heavy (non-hydrogen) atoms. The topological polar surface area (TPSA) is 45.7 Å². The summed E-state index contributed by atoms with van der Waals surface area (Å²) in [7, 11) is 1.78. The van der Waals surface area contributed by atoms with Crippen molar-refractivity contribution in [3.05, 3.63) is 35.9 Å². The molecule has 0 fully saturated rings. The molecule has 4 nitrogen and oxygen atoms in total. The minimum atomic E-state index is 0.657. The number of unbranched alkanes of at least 4 members (excludes halogenated alkanes) is 1. The predicted octanol–water partition coefficient (Wildman–Crippen LogP) is 2.17. The summed E-state index contributed by atoms with van der Waals surface area (Å²) in [4.78, 5) is 4.15. The highest BCUT2D eigenvalue weighted by Crippen LogP contribution is 1.99. The van der Waals surface area contributed by atoms with Crippen LogP contribution in [0.15, 0.2) is 35.3 Å². The van der Waals surface area contributed by atoms with Crippen molar-refractivity contribution in [2.45, 2.75) is 26.4 Å². The minimum Gasteiger partial charge on any atom is -0.375 e. The number of rotatable bonds is 8. The summed E-state index contributed by atoms with van der Waals surface area (Å²) in [5, 5.41) is 6.49. The van der Waals surface area contributed by atoms with Gasteiger partial charge in [0.2, 0.25) is 0 Å². The van der Waals surface area contributed by atoms with Gasteiger partial charge >= 0.3 is 0 Å². The minimum absolute atomic E-state index is 0.657. The Labute approximate surface area is 116 Å². The molecule has 0 radical (unpaired) electrons. The molecule has 0 aromatic heterocycles. The van der Waals surface area contributed by atoms with Crippen molar-refractivity contribution in [1.29, 1.82) is 0 Å². The van der Waals surface area contributed by atoms with Crippen molar-refractivity contribution in [2.24, 2.45) is 4.99 Å². The predicted molar refractivity (Wildman–Crippen MR) is 80.4 cm³/mol. The van der Waals surface area contributed by atoms with Gasteiger partial charge in [-0.2, -0.15) is 0 Å². The highest BCUT2D eigenvalue weighted by molar-refractivity contribution is 5.79. The maximum absolute atomic E-state index is 5.59. The Morgan fingerprint density at radius 2 is 1.89 bits per heavy atom. The Kier molecular flexibility index (Phi) is 8.47. The number of nitrogens with zero attached hydrogens (tertiary/aromatic N) is 1. The van der Waals surface area contributed by atoms with Crippen LogP contribution >= 0.6 is 0 Å². The molecule has 1 aromatic rings. The molecule has 0 aliphatic heterocycles. The van der Waals surface area contributed by atoms with Crippen LogP contribution in [0.3, 0.4) is 0 Å². The largest absolute Gasteiger partial charge is 0.375 e. The van der Waals surface area contributed by atoms with Gasteiger partial charge in [0.1, 0.15) is 0 Å². The molecule has 1 rings (SSSR count). The van der Waals surface area contributed by atoms with E-state index in [0.717, 1.165) is 25.5 Å². The molecule has 2 N–H and O–H groups in total. The summed E-state index contributed by atoms with van der Waals surface area (Å²) in [6.45, 7) is 5.22. The molecule has 0 saturated carbocycles. The molecule has 0 bridgehead atoms. The number of hydrogen-bond acceptors (Lipinski definition) is 2. The van der Waals surface area contributed by atoms with E-state index in [1.165, 1.54) is 12.0 Å². The Hall–Kier alpha value is -1.55. The Balaban J connectivity index is 2.06. The average molecular weight is 263 g/mol. The van der Waals surface area contributed by atoms with Gasteiger partial charge in [0.15, 0.2) is 5.96 Å². The second-order valence-corrected chi connectivity index (χ2v) is 4.32. The summed E-state index contributed by atoms with van der Waals surface area (Å²) in [5.41, 5.74) is 1.20. The van der Waals surface area contributed by atoms with E-state index in [1.807, 2.05) is 18.2 Å². The van der Waals surface area contributed by atoms with E-state index in [2.05, 4.69) is 34.7 Å². The number of hydrogen-bond donors (Lipinski definition) is 2. The van der Waals surface area contributed by atoms with Gasteiger partial charge in [-0.25, -0.2) is 0 Å². The van der Waals surface area contributed by atoms with Crippen LogP contribution in [0.2, 0.25) is 0 Å². The first-order chi connectivity index (χ1) is 9.36. The molecule has 0 saturated heterocycles. The van der Waals surface area contributed by atoms with Crippen molar-refractivity contribution >= 4 is 5.96 Å². The van der Waals surface area contributed by atoms with Gasteiger partial charge in [0, 0.05) is 20.1 Å². The van der Waals surface area contributed by atoms with Gasteiger partial charge in [-0.3, -0.25) is 4.99 Å². The van der Waals surface area contributed by atoms with Crippen molar-refractivity contribution < 1.29 is 4.74 Å². The second kappa shape index (κ2) is 10.4. The summed E-state index contributed by atoms with van der Waals surface area (Å²) < 4.78 is 5.59. The van der Waals surface area contributed by atoms with Crippen LogP contribution in [0.1, 0.15) is 25.3 Å². The van der Waals surface area contributed by atoms with E-state index < -0.39 is 0 Å². The lowest BCUT2D eigenvalue weighted by Crippen LogP contribution is -2.39. The molecule has 106 valence electrons. The SMILES string of the molecule is CCCCNC(=NC)NCCOCc1ccccc1. The van der Waals surface area contributed by atoms with Crippen LogP contribution in [-0.4, -0.2) is 32.7 Å². The van der Waals surface area contributed by atoms with E-state index in [0.29, 0.717) is 13.2 Å². The van der Waals surface area contributed by atoms with Crippen LogP contribution in [0.5, 0.6) is 0 Å². The number of benzene rings is 1. The van der Waals surface area contributed by atoms with Gasteiger partial charge in [-0.05, 0) is 12.0 Å². The monoisotopic (exact) mass is 263 g/mol. The van der Waals surface area contributed by atoms with Crippen LogP contribution in [0, 0.1) is 0 Å². The molecule has 1 aromatic carbocycles. The van der Waals surface area contributed by atoms with E-state index in [4.69, 9.17) is 4.74 Å². The average Bonchev–Trinajstić information content (AvgIpc) is 2.46. The van der Waals surface area contributed by atoms with Gasteiger partial charge < -0.3 is 15.4 Å². The van der Waals surface area contributed by atoms with Gasteiger partial charge in [0.25, 0.3) is 0 Å². The summed E-state index contributed by atoms with van der Waals surface area (Å²) in [6.07, 6.45) is 2.34. The van der Waals surface area contributed by atoms with E-state index in [1.54, 1.807) is 7.05 Å². The molecule has 0 amide bonds. The van der Waals surface area contributed by atoms with Gasteiger partial charge in [-0.1, -0.05) is 43.7 Å². The maximum atomic E-state index is 5.59. The summed E-state index contributed by atoms with van der Waals surface area (Å²) in [6, 6.07) is 10.2. The van der Waals surface area contributed by atoms with Crippen molar-refractivity contribution in [1.82, 2.24) is 10.6 Å². The Morgan fingerprint density at radius 3 is 2.58 bits per heavy atom. The third kappa shape index (κ3) is 7.47. The lowest BCUT2D eigenvalue weighted by atomic mass is 10.2. The molecule has 0 atom stereocenters. The third-order valence-corrected chi connectivity index (χ3v) is 2.70. The fraction of sp³-hybridized carbons (Fsp3) is 0.533. The van der Waals surface area contributed by atoms with Crippen LogP contribution < -0.4 is 10.6 Å². The first-order valence-electron chi connectivity index (χ1n) is 6.93. The van der Waals surface area contributed by atoms with Gasteiger partial charge in [-0.15, -0.1) is 0 Å². The zero-order valence-corrected chi connectivity index (χ0v) is 12.0. The molecule has 0 unspecified atom stereocenters. The highest BCUT2D eigenvalue weighted by atomic mass is 16.5. The van der Waals surface area contributed by atoms with Crippen LogP contribution in [0.4, 0.5) is 0 Å². The van der Waals surface area contributed by atoms with Crippen molar-refractivity contribution in [3.63, 3.8) is 0 Å². The highest BCUT2D eigenvalue weighted by Gasteiger charge is 1.96. The van der Waals surface area contributed by atoms with Gasteiger partial charge in [0.05, 0.1) is 13.2 Å². The fourth-order valence-electron chi connectivity index (χ4n) is 1.61. The smallest absolute Gasteiger partial charge is 0.191 e. The standard InChI is InChI=1S/C15H25N3O/c1-3-4-10-17-15(16-2)18-11-12-19-13-14-8-6-5-7-9-14/h5-9H,3-4,10-13H2,1-2H3,(H2,16,17,18). The van der Waals surface area contributed by atoms with Crippen LogP contribution in [0.25, 0.3) is 0 Å². The lowest BCUT2D eigenvalue weighted by Gasteiger charge is -2.11. The van der Waals surface area contributed by atoms with E-state index in [-0.39, 0.29) is 0 Å². The number of ether oxygens (including phenoxy) is 1. The molecule has 0 aliphatic rings. The number of guanidine groups is 1. The molecular formula is C15H25N3O. The van der Waals surface area contributed by atoms with Crippen molar-refractivity contribution in [2.75, 3.05) is 26.7 Å². The third-order valence-electron chi connectivity index (χ3n) is 2.70. The number of nitrogens with one attached hydrogen (secondary N) is 2. The summed E-state index contributed by atoms with van der Waals surface area (Å²) >= 11 is 0. The zero-order chi connectivity index (χ0) is 13.8. The molecular weight excluding hydrogens is 238 g/mol. The first kappa shape index (κ1) is 15.5. The summed E-state index contributed by atoms with van der Waals surface area (Å²) in [5.74, 6) is 0.844. The van der Waals surface area contributed by atoms with E-state index in [9.17, 15) is 0 Å². The van der Waals surface area contributed by atoms with Crippen LogP contribution in [-0.2, 0) is 11.3 Å². The Morgan fingerprint density at radius 1 is 1.16 bits per heavy atom. The molecule has 0 spiro atoms. The molecule has 0 aliphatic carbocycles. The fourth-order valence-corrected chi connectivity index (χ4v) is 1.61. The molecule has 0 heterocycles. The quantitative estimate of drug-likeness (QED) is 0.429. The lowest BCUT2D eigenvalue weighted by molar-refractivity contribution is 0.125. The molecule has 4 heteroatoms.